The molecule has 0 N–H and O–H groups in total. The Morgan fingerprint density at radius 1 is 1.25 bits per heavy atom. The van der Waals surface area contributed by atoms with Crippen molar-refractivity contribution in [2.75, 3.05) is 0 Å². The van der Waals surface area contributed by atoms with Gasteiger partial charge in [0.05, 0.1) is 5.56 Å². The fraction of sp³-hybridized carbons (Fsp3) is 0.0769. The second-order valence-electron chi connectivity index (χ2n) is 3.58. The highest BCUT2D eigenvalue weighted by Crippen LogP contribution is 2.21. The number of hydrogen-bond donors (Lipinski definition) is 0. The topological polar surface area (TPSA) is 50.7 Å². The second kappa shape index (κ2) is 4.03. The molecule has 1 aromatic heterocycles. The van der Waals surface area contributed by atoms with Crippen molar-refractivity contribution in [2.24, 2.45) is 0 Å². The van der Waals surface area contributed by atoms with Crippen LogP contribution in [-0.4, -0.2) is 0 Å². The zero-order valence-corrected chi connectivity index (χ0v) is 8.84. The van der Waals surface area contributed by atoms with Crippen LogP contribution in [0.15, 0.2) is 42.6 Å². The van der Waals surface area contributed by atoms with Crippen molar-refractivity contribution in [1.29, 1.82) is 5.26 Å². The number of benzene rings is 1. The highest BCUT2D eigenvalue weighted by molar-refractivity contribution is 5.67. The van der Waals surface area contributed by atoms with Crippen molar-refractivity contribution < 1.29 is 4.73 Å². The van der Waals surface area contributed by atoms with E-state index in [1.807, 2.05) is 49.4 Å². The molecule has 0 bridgehead atoms. The van der Waals surface area contributed by atoms with Crippen LogP contribution in [0.1, 0.15) is 11.3 Å². The van der Waals surface area contributed by atoms with E-state index in [1.54, 1.807) is 0 Å². The summed E-state index contributed by atoms with van der Waals surface area (Å²) in [5.74, 6) is 0. The van der Waals surface area contributed by atoms with Crippen molar-refractivity contribution in [3.8, 4) is 17.2 Å². The molecule has 3 nitrogen and oxygen atoms in total. The van der Waals surface area contributed by atoms with E-state index in [4.69, 9.17) is 5.26 Å². The number of nitriles is 1. The summed E-state index contributed by atoms with van der Waals surface area (Å²) in [5.41, 5.74) is 2.54. The molecule has 0 amide bonds. The van der Waals surface area contributed by atoms with E-state index in [0.29, 0.717) is 10.3 Å². The van der Waals surface area contributed by atoms with Crippen LogP contribution in [0.2, 0.25) is 0 Å². The molecule has 78 valence electrons. The molecule has 2 rings (SSSR count). The summed E-state index contributed by atoms with van der Waals surface area (Å²) < 4.78 is 0.623. The first-order valence-electron chi connectivity index (χ1n) is 4.91. The summed E-state index contributed by atoms with van der Waals surface area (Å²) in [5, 5.41) is 20.5. The Hall–Kier alpha value is -2.34. The monoisotopic (exact) mass is 210 g/mol. The lowest BCUT2D eigenvalue weighted by atomic mass is 10.0. The minimum atomic E-state index is 0.136. The van der Waals surface area contributed by atoms with E-state index >= 15 is 0 Å². The Balaban J connectivity index is 2.70. The number of pyridine rings is 1. The lowest BCUT2D eigenvalue weighted by molar-refractivity contribution is -0.608. The maximum Gasteiger partial charge on any atom is 0.302 e. The molecule has 0 saturated carbocycles. The molecule has 0 atom stereocenters. The first-order valence-corrected chi connectivity index (χ1v) is 4.91. The number of aromatic nitrogens is 1. The molecule has 3 heteroatoms. The van der Waals surface area contributed by atoms with Crippen LogP contribution in [0.5, 0.6) is 0 Å². The van der Waals surface area contributed by atoms with Gasteiger partial charge in [-0.15, -0.1) is 0 Å². The normalized spacial score (nSPS) is 9.75. The summed E-state index contributed by atoms with van der Waals surface area (Å²) in [4.78, 5) is 0. The van der Waals surface area contributed by atoms with Gasteiger partial charge in [0.1, 0.15) is 0 Å². The minimum absolute atomic E-state index is 0.136. The van der Waals surface area contributed by atoms with Crippen molar-refractivity contribution in [1.82, 2.24) is 0 Å². The third kappa shape index (κ3) is 1.73. The molecule has 1 heterocycles. The van der Waals surface area contributed by atoms with Gasteiger partial charge < -0.3 is 5.21 Å². The van der Waals surface area contributed by atoms with E-state index < -0.39 is 0 Å². The predicted molar refractivity (Wildman–Crippen MR) is 60.3 cm³/mol. The van der Waals surface area contributed by atoms with E-state index in [-0.39, 0.29) is 5.69 Å². The lowest BCUT2D eigenvalue weighted by Crippen LogP contribution is -2.31. The summed E-state index contributed by atoms with van der Waals surface area (Å²) in [6.45, 7) is 1.84. The average Bonchev–Trinajstić information content (AvgIpc) is 2.29. The average molecular weight is 210 g/mol. The van der Waals surface area contributed by atoms with Crippen LogP contribution in [0.3, 0.4) is 0 Å². The number of rotatable bonds is 1. The third-order valence-electron chi connectivity index (χ3n) is 2.36. The smallest absolute Gasteiger partial charge is 0.302 e. The molecule has 0 radical (unpaired) electrons. The molecule has 1 aromatic carbocycles. The first-order chi connectivity index (χ1) is 7.72. The molecule has 0 spiro atoms. The molecular weight excluding hydrogens is 200 g/mol. The molecule has 0 fully saturated rings. The van der Waals surface area contributed by atoms with Crippen molar-refractivity contribution >= 4 is 0 Å². The van der Waals surface area contributed by atoms with E-state index in [2.05, 4.69) is 0 Å². The summed E-state index contributed by atoms with van der Waals surface area (Å²) in [6.07, 6.45) is 1.41. The molecule has 0 aliphatic rings. The summed E-state index contributed by atoms with van der Waals surface area (Å²) in [7, 11) is 0. The quantitative estimate of drug-likeness (QED) is 0.535. The zero-order valence-electron chi connectivity index (χ0n) is 8.84. The molecule has 16 heavy (non-hydrogen) atoms. The Kier molecular flexibility index (Phi) is 2.57. The number of hydrogen-bond acceptors (Lipinski definition) is 2. The van der Waals surface area contributed by atoms with Gasteiger partial charge in [0.2, 0.25) is 0 Å². The number of nitrogens with zero attached hydrogens (tertiary/aromatic N) is 2. The van der Waals surface area contributed by atoms with Crippen LogP contribution in [0.4, 0.5) is 0 Å². The Labute approximate surface area is 93.8 Å². The highest BCUT2D eigenvalue weighted by atomic mass is 16.5. The SMILES string of the molecule is Cc1cc(-c2ccccc2)c(C#N)[n+]([O-])c1. The van der Waals surface area contributed by atoms with Gasteiger partial charge in [0.15, 0.2) is 12.3 Å². The lowest BCUT2D eigenvalue weighted by Gasteiger charge is -2.06. The summed E-state index contributed by atoms with van der Waals surface area (Å²) in [6, 6.07) is 13.2. The van der Waals surface area contributed by atoms with Gasteiger partial charge in [0.25, 0.3) is 0 Å². The molecule has 2 aromatic rings. The van der Waals surface area contributed by atoms with Crippen LogP contribution < -0.4 is 4.73 Å². The van der Waals surface area contributed by atoms with Gasteiger partial charge in [-0.3, -0.25) is 0 Å². The van der Waals surface area contributed by atoms with Gasteiger partial charge in [-0.2, -0.15) is 9.99 Å². The molecular formula is C13H10N2O. The van der Waals surface area contributed by atoms with Gasteiger partial charge in [0, 0.05) is 5.56 Å². The zero-order chi connectivity index (χ0) is 11.5. The van der Waals surface area contributed by atoms with E-state index in [0.717, 1.165) is 11.1 Å². The number of aryl methyl sites for hydroxylation is 1. The van der Waals surface area contributed by atoms with E-state index in [1.165, 1.54) is 6.20 Å². The first kappa shape index (κ1) is 10.2. The van der Waals surface area contributed by atoms with Crippen LogP contribution in [0, 0.1) is 23.5 Å². The van der Waals surface area contributed by atoms with Gasteiger partial charge in [-0.25, -0.2) is 0 Å². The second-order valence-corrected chi connectivity index (χ2v) is 3.58. The maximum atomic E-state index is 11.6. The third-order valence-corrected chi connectivity index (χ3v) is 2.36. The van der Waals surface area contributed by atoms with Crippen molar-refractivity contribution in [3.05, 3.63) is 59.1 Å². The maximum absolute atomic E-state index is 11.6. The highest BCUT2D eigenvalue weighted by Gasteiger charge is 2.14. The van der Waals surface area contributed by atoms with Gasteiger partial charge >= 0.3 is 5.69 Å². The van der Waals surface area contributed by atoms with Crippen molar-refractivity contribution in [2.45, 2.75) is 6.92 Å². The fourth-order valence-electron chi connectivity index (χ4n) is 1.65. The van der Waals surface area contributed by atoms with Gasteiger partial charge in [-0.1, -0.05) is 30.3 Å². The molecule has 0 saturated heterocycles. The van der Waals surface area contributed by atoms with Gasteiger partial charge in [-0.05, 0) is 18.6 Å². The largest absolute Gasteiger partial charge is 0.618 e. The molecule has 0 aliphatic heterocycles. The van der Waals surface area contributed by atoms with Crippen LogP contribution >= 0.6 is 0 Å². The van der Waals surface area contributed by atoms with Crippen molar-refractivity contribution in [3.63, 3.8) is 0 Å². The minimum Gasteiger partial charge on any atom is -0.618 e. The fourth-order valence-corrected chi connectivity index (χ4v) is 1.65. The van der Waals surface area contributed by atoms with E-state index in [9.17, 15) is 5.21 Å². The van der Waals surface area contributed by atoms with Crippen LogP contribution in [0.25, 0.3) is 11.1 Å². The Morgan fingerprint density at radius 2 is 1.94 bits per heavy atom. The standard InChI is InChI=1S/C13H10N2O/c1-10-7-12(11-5-3-2-4-6-11)13(8-14)15(16)9-10/h2-7,9H,1H3. The Morgan fingerprint density at radius 3 is 2.56 bits per heavy atom. The molecule has 0 aliphatic carbocycles. The summed E-state index contributed by atoms with van der Waals surface area (Å²) >= 11 is 0. The Bertz CT molecular complexity index is 556. The molecule has 0 unspecified atom stereocenters. The van der Waals surface area contributed by atoms with Crippen LogP contribution in [-0.2, 0) is 0 Å². The predicted octanol–water partition coefficient (Wildman–Crippen LogP) is 2.17.